The molecule has 3 aromatic heterocycles. The highest BCUT2D eigenvalue weighted by molar-refractivity contribution is 6.30. The molecule has 0 fully saturated rings. The summed E-state index contributed by atoms with van der Waals surface area (Å²) in [6.07, 6.45) is 3.32. The van der Waals surface area contributed by atoms with E-state index in [1.807, 2.05) is 24.3 Å². The number of rotatable bonds is 3. The fourth-order valence-corrected chi connectivity index (χ4v) is 2.49. The summed E-state index contributed by atoms with van der Waals surface area (Å²) in [5.41, 5.74) is 2.25. The van der Waals surface area contributed by atoms with Crippen LogP contribution in [0.25, 0.3) is 34.0 Å². The summed E-state index contributed by atoms with van der Waals surface area (Å²) < 4.78 is 0. The lowest BCUT2D eigenvalue weighted by Crippen LogP contribution is -2.12. The molecule has 8 heteroatoms. The van der Waals surface area contributed by atoms with Crippen LogP contribution in [0, 0.1) is 0 Å². The van der Waals surface area contributed by atoms with E-state index < -0.39 is 0 Å². The van der Waals surface area contributed by atoms with Crippen molar-refractivity contribution in [1.82, 2.24) is 30.4 Å². The van der Waals surface area contributed by atoms with Crippen LogP contribution in [0.4, 0.5) is 0 Å². The number of aromatic amines is 2. The summed E-state index contributed by atoms with van der Waals surface area (Å²) in [6.45, 7) is 0. The van der Waals surface area contributed by atoms with E-state index in [4.69, 9.17) is 11.6 Å². The van der Waals surface area contributed by atoms with Gasteiger partial charge in [0, 0.05) is 28.5 Å². The highest BCUT2D eigenvalue weighted by Gasteiger charge is 2.13. The van der Waals surface area contributed by atoms with E-state index in [1.165, 1.54) is 0 Å². The van der Waals surface area contributed by atoms with E-state index >= 15 is 0 Å². The van der Waals surface area contributed by atoms with Crippen molar-refractivity contribution >= 4 is 11.6 Å². The van der Waals surface area contributed by atoms with Gasteiger partial charge in [0.1, 0.15) is 0 Å². The predicted molar refractivity (Wildman–Crippen MR) is 93.9 cm³/mol. The molecule has 0 aliphatic carbocycles. The van der Waals surface area contributed by atoms with Crippen LogP contribution in [0.3, 0.4) is 0 Å². The predicted octanol–water partition coefficient (Wildman–Crippen LogP) is 2.94. The molecule has 7 nitrogen and oxygen atoms in total. The highest BCUT2D eigenvalue weighted by Crippen LogP contribution is 2.22. The first-order chi connectivity index (χ1) is 12.2. The first-order valence-electron chi connectivity index (χ1n) is 7.39. The minimum Gasteiger partial charge on any atom is -0.267 e. The maximum absolute atomic E-state index is 12.2. The van der Waals surface area contributed by atoms with Crippen LogP contribution in [0.5, 0.6) is 0 Å². The van der Waals surface area contributed by atoms with Crippen molar-refractivity contribution in [1.29, 1.82) is 0 Å². The summed E-state index contributed by atoms with van der Waals surface area (Å²) in [4.78, 5) is 20.5. The second-order valence-electron chi connectivity index (χ2n) is 5.25. The minimum absolute atomic E-state index is 0.350. The van der Waals surface area contributed by atoms with Gasteiger partial charge in [-0.15, -0.1) is 0 Å². The Balaban J connectivity index is 1.75. The van der Waals surface area contributed by atoms with Gasteiger partial charge in [-0.3, -0.25) is 14.9 Å². The molecule has 122 valence electrons. The number of hydrogen-bond donors (Lipinski definition) is 2. The monoisotopic (exact) mass is 350 g/mol. The molecule has 0 radical (unpaired) electrons. The number of hydrogen-bond acceptors (Lipinski definition) is 5. The molecule has 0 atom stereocenters. The third kappa shape index (κ3) is 3.05. The number of nitrogens with zero attached hydrogens (tertiary/aromatic N) is 4. The lowest BCUT2D eigenvalue weighted by molar-refractivity contribution is 0.989. The van der Waals surface area contributed by atoms with E-state index in [1.54, 1.807) is 30.6 Å². The van der Waals surface area contributed by atoms with Crippen molar-refractivity contribution in [2.45, 2.75) is 0 Å². The first-order valence-corrected chi connectivity index (χ1v) is 7.77. The third-order valence-corrected chi connectivity index (χ3v) is 3.87. The van der Waals surface area contributed by atoms with Gasteiger partial charge in [0.05, 0.1) is 11.3 Å². The Kier molecular flexibility index (Phi) is 3.83. The molecule has 0 bridgehead atoms. The van der Waals surface area contributed by atoms with Crippen LogP contribution in [0.1, 0.15) is 0 Å². The SMILES string of the molecule is O=c1[nH]nc(-c2ccncc2)cc1-c1nc(-c2ccc(Cl)cc2)n[nH]1. The van der Waals surface area contributed by atoms with Crippen molar-refractivity contribution in [3.05, 3.63) is 70.2 Å². The van der Waals surface area contributed by atoms with Crippen LogP contribution < -0.4 is 5.56 Å². The molecule has 0 saturated heterocycles. The number of nitrogens with one attached hydrogen (secondary N) is 2. The molecule has 25 heavy (non-hydrogen) atoms. The highest BCUT2D eigenvalue weighted by atomic mass is 35.5. The smallest absolute Gasteiger partial charge is 0.267 e. The maximum Gasteiger partial charge on any atom is 0.275 e. The molecule has 4 rings (SSSR count). The zero-order valence-corrected chi connectivity index (χ0v) is 13.5. The number of pyridine rings is 1. The topological polar surface area (TPSA) is 100 Å². The van der Waals surface area contributed by atoms with Crippen molar-refractivity contribution in [3.8, 4) is 34.0 Å². The van der Waals surface area contributed by atoms with Gasteiger partial charge < -0.3 is 0 Å². The molecule has 0 unspecified atom stereocenters. The van der Waals surface area contributed by atoms with Crippen LogP contribution in [0.2, 0.25) is 5.02 Å². The third-order valence-electron chi connectivity index (χ3n) is 3.62. The number of halogens is 1. The molecular formula is C17H11ClN6O. The normalized spacial score (nSPS) is 10.8. The molecular weight excluding hydrogens is 340 g/mol. The van der Waals surface area contributed by atoms with E-state index in [0.29, 0.717) is 27.9 Å². The van der Waals surface area contributed by atoms with E-state index in [9.17, 15) is 4.79 Å². The Morgan fingerprint density at radius 3 is 2.40 bits per heavy atom. The van der Waals surface area contributed by atoms with E-state index in [2.05, 4.69) is 30.4 Å². The van der Waals surface area contributed by atoms with Gasteiger partial charge in [0.2, 0.25) is 0 Å². The fourth-order valence-electron chi connectivity index (χ4n) is 2.36. The fraction of sp³-hybridized carbons (Fsp3) is 0. The van der Waals surface area contributed by atoms with Crippen LogP contribution >= 0.6 is 11.6 Å². The Hall–Kier alpha value is -3.32. The minimum atomic E-state index is -0.350. The van der Waals surface area contributed by atoms with Gasteiger partial charge in [0.15, 0.2) is 11.6 Å². The second kappa shape index (κ2) is 6.29. The van der Waals surface area contributed by atoms with Crippen LogP contribution in [0.15, 0.2) is 59.7 Å². The molecule has 0 saturated carbocycles. The zero-order valence-electron chi connectivity index (χ0n) is 12.8. The maximum atomic E-state index is 12.2. The summed E-state index contributed by atoms with van der Waals surface area (Å²) >= 11 is 5.89. The lowest BCUT2D eigenvalue weighted by atomic mass is 10.1. The van der Waals surface area contributed by atoms with E-state index in [-0.39, 0.29) is 5.56 Å². The molecule has 0 aliphatic rings. The Labute approximate surface area is 146 Å². The standard InChI is InChI=1S/C17H11ClN6O/c18-12-3-1-11(2-4-12)15-20-16(23-22-15)13-9-14(21-24-17(13)25)10-5-7-19-8-6-10/h1-9H,(H,24,25)(H,20,22,23). The number of H-pyrrole nitrogens is 2. The molecule has 0 spiro atoms. The first kappa shape index (κ1) is 15.2. The summed E-state index contributed by atoms with van der Waals surface area (Å²) in [5, 5.41) is 14.2. The van der Waals surface area contributed by atoms with Gasteiger partial charge >= 0.3 is 0 Å². The molecule has 2 N–H and O–H groups in total. The molecule has 0 aliphatic heterocycles. The Morgan fingerprint density at radius 2 is 1.64 bits per heavy atom. The van der Waals surface area contributed by atoms with Crippen LogP contribution in [-0.2, 0) is 0 Å². The Morgan fingerprint density at radius 1 is 0.880 bits per heavy atom. The lowest BCUT2D eigenvalue weighted by Gasteiger charge is -2.01. The Bertz CT molecular complexity index is 1070. The van der Waals surface area contributed by atoms with Gasteiger partial charge in [0.25, 0.3) is 5.56 Å². The van der Waals surface area contributed by atoms with Gasteiger partial charge in [-0.2, -0.15) is 10.2 Å². The average molecular weight is 351 g/mol. The van der Waals surface area contributed by atoms with Crippen LogP contribution in [-0.4, -0.2) is 30.4 Å². The average Bonchev–Trinajstić information content (AvgIpc) is 3.13. The second-order valence-corrected chi connectivity index (χ2v) is 5.68. The summed E-state index contributed by atoms with van der Waals surface area (Å²) in [5.74, 6) is 0.845. The quantitative estimate of drug-likeness (QED) is 0.591. The van der Waals surface area contributed by atoms with E-state index in [0.717, 1.165) is 11.1 Å². The summed E-state index contributed by atoms with van der Waals surface area (Å²) in [6, 6.07) is 12.4. The van der Waals surface area contributed by atoms with Crippen molar-refractivity contribution < 1.29 is 0 Å². The zero-order chi connectivity index (χ0) is 17.2. The summed E-state index contributed by atoms with van der Waals surface area (Å²) in [7, 11) is 0. The molecule has 1 aromatic carbocycles. The van der Waals surface area contributed by atoms with Crippen molar-refractivity contribution in [2.75, 3.05) is 0 Å². The van der Waals surface area contributed by atoms with Crippen molar-refractivity contribution in [2.24, 2.45) is 0 Å². The largest absolute Gasteiger partial charge is 0.275 e. The van der Waals surface area contributed by atoms with Gasteiger partial charge in [-0.05, 0) is 42.5 Å². The number of aromatic nitrogens is 6. The molecule has 0 amide bonds. The number of benzene rings is 1. The van der Waals surface area contributed by atoms with Gasteiger partial charge in [-0.25, -0.2) is 10.1 Å². The molecule has 3 heterocycles. The van der Waals surface area contributed by atoms with Gasteiger partial charge in [-0.1, -0.05) is 11.6 Å². The van der Waals surface area contributed by atoms with Crippen molar-refractivity contribution in [3.63, 3.8) is 0 Å². The molecule has 4 aromatic rings.